The van der Waals surface area contributed by atoms with Crippen molar-refractivity contribution in [2.75, 3.05) is 23.3 Å². The molecule has 0 spiro atoms. The van der Waals surface area contributed by atoms with Crippen LogP contribution in [0.3, 0.4) is 0 Å². The van der Waals surface area contributed by atoms with Gasteiger partial charge in [-0.3, -0.25) is 19.2 Å². The summed E-state index contributed by atoms with van der Waals surface area (Å²) in [5, 5.41) is 9.63. The Morgan fingerprint density at radius 1 is 1.15 bits per heavy atom. The summed E-state index contributed by atoms with van der Waals surface area (Å²) in [5.74, 6) is -0.481. The molecule has 3 aromatic heterocycles. The molecule has 0 unspecified atom stereocenters. The molecular weight excluding hydrogens is 526 g/mol. The molecule has 0 aliphatic rings. The van der Waals surface area contributed by atoms with E-state index in [0.29, 0.717) is 37.3 Å². The van der Waals surface area contributed by atoms with Crippen molar-refractivity contribution in [1.82, 2.24) is 25.1 Å². The fraction of sp³-hybridized carbons (Fsp3) is 0.379. The first kappa shape index (κ1) is 30.8. The van der Waals surface area contributed by atoms with Gasteiger partial charge in [0.15, 0.2) is 11.4 Å². The fourth-order valence-corrected chi connectivity index (χ4v) is 3.69. The van der Waals surface area contributed by atoms with Gasteiger partial charge in [-0.25, -0.2) is 14.8 Å². The van der Waals surface area contributed by atoms with Gasteiger partial charge in [0, 0.05) is 38.1 Å². The quantitative estimate of drug-likeness (QED) is 0.215. The predicted molar refractivity (Wildman–Crippen MR) is 156 cm³/mol. The van der Waals surface area contributed by atoms with Crippen LogP contribution in [-0.4, -0.2) is 56.3 Å². The Morgan fingerprint density at radius 3 is 2.59 bits per heavy atom. The zero-order valence-corrected chi connectivity index (χ0v) is 24.0. The number of pyridine rings is 1. The summed E-state index contributed by atoms with van der Waals surface area (Å²) >= 11 is 0. The number of hydrogen-bond acceptors (Lipinski definition) is 8. The number of allylic oxidation sites excluding steroid dienone is 2. The fourth-order valence-electron chi connectivity index (χ4n) is 3.69. The summed E-state index contributed by atoms with van der Waals surface area (Å²) in [6, 6.07) is 3.30. The lowest BCUT2D eigenvalue weighted by Gasteiger charge is -2.26. The standard InChI is InChI=1S/C29H37N7O5/c1-7-9-11-14-31-26(38)24-21(18-35(6)34-24)32-25(37)22-19-40-27(33-22)20-13-15-30-23(17-20)36(16-12-10-8-2)28(39)41-29(3,4)5/h7-8,13,15,17-19H,1-2,9-12,14,16H2,3-6H3,(H,31,38)(H,32,37). The van der Waals surface area contributed by atoms with Gasteiger partial charge in [0.1, 0.15) is 17.7 Å². The molecule has 41 heavy (non-hydrogen) atoms. The lowest BCUT2D eigenvalue weighted by atomic mass is 10.2. The maximum atomic E-state index is 13.0. The Bertz CT molecular complexity index is 1390. The van der Waals surface area contributed by atoms with Crippen molar-refractivity contribution in [3.63, 3.8) is 0 Å². The van der Waals surface area contributed by atoms with Crippen LogP contribution in [0, 0.1) is 0 Å². The highest BCUT2D eigenvalue weighted by Gasteiger charge is 2.25. The average molecular weight is 564 g/mol. The minimum Gasteiger partial charge on any atom is -0.444 e. The maximum absolute atomic E-state index is 13.0. The molecule has 0 aliphatic carbocycles. The highest BCUT2D eigenvalue weighted by molar-refractivity contribution is 6.07. The third-order valence-electron chi connectivity index (χ3n) is 5.57. The number of carbonyl (C=O) groups excluding carboxylic acids is 3. The first-order chi connectivity index (χ1) is 19.5. The van der Waals surface area contributed by atoms with Gasteiger partial charge in [-0.05, 0) is 58.6 Å². The zero-order valence-electron chi connectivity index (χ0n) is 24.0. The minimum absolute atomic E-state index is 0.00506. The van der Waals surface area contributed by atoms with E-state index in [9.17, 15) is 14.4 Å². The van der Waals surface area contributed by atoms with Crippen LogP contribution >= 0.6 is 0 Å². The van der Waals surface area contributed by atoms with Crippen LogP contribution in [0.2, 0.25) is 0 Å². The van der Waals surface area contributed by atoms with Crippen molar-refractivity contribution in [3.05, 3.63) is 67.5 Å². The summed E-state index contributed by atoms with van der Waals surface area (Å²) in [4.78, 5) is 48.6. The second kappa shape index (κ2) is 14.1. The predicted octanol–water partition coefficient (Wildman–Crippen LogP) is 5.13. The normalized spacial score (nSPS) is 11.0. The van der Waals surface area contributed by atoms with Crippen molar-refractivity contribution in [1.29, 1.82) is 0 Å². The summed E-state index contributed by atoms with van der Waals surface area (Å²) in [6.45, 7) is 13.6. The van der Waals surface area contributed by atoms with E-state index < -0.39 is 23.5 Å². The van der Waals surface area contributed by atoms with Gasteiger partial charge < -0.3 is 19.8 Å². The van der Waals surface area contributed by atoms with Crippen molar-refractivity contribution >= 4 is 29.4 Å². The number of rotatable bonds is 13. The van der Waals surface area contributed by atoms with Crippen molar-refractivity contribution < 1.29 is 23.5 Å². The number of nitrogens with zero attached hydrogens (tertiary/aromatic N) is 5. The number of aromatic nitrogens is 4. The van der Waals surface area contributed by atoms with E-state index >= 15 is 0 Å². The first-order valence-electron chi connectivity index (χ1n) is 13.3. The van der Waals surface area contributed by atoms with Crippen LogP contribution in [0.1, 0.15) is 67.4 Å². The second-order valence-corrected chi connectivity index (χ2v) is 10.2. The first-order valence-corrected chi connectivity index (χ1v) is 13.3. The van der Waals surface area contributed by atoms with Crippen molar-refractivity contribution in [2.24, 2.45) is 7.05 Å². The number of carbonyl (C=O) groups is 3. The molecule has 3 aromatic rings. The Hall–Kier alpha value is -4.74. The van der Waals surface area contributed by atoms with Crippen molar-refractivity contribution in [2.45, 2.75) is 52.1 Å². The van der Waals surface area contributed by atoms with E-state index in [1.165, 1.54) is 28.2 Å². The molecule has 3 rings (SSSR count). The molecule has 12 heteroatoms. The van der Waals surface area contributed by atoms with Crippen LogP contribution in [0.4, 0.5) is 16.3 Å². The largest absolute Gasteiger partial charge is 0.444 e. The van der Waals surface area contributed by atoms with Crippen LogP contribution in [0.5, 0.6) is 0 Å². The number of anilines is 2. The molecule has 0 atom stereocenters. The Morgan fingerprint density at radius 2 is 1.88 bits per heavy atom. The number of oxazole rings is 1. The molecule has 0 saturated heterocycles. The van der Waals surface area contributed by atoms with Gasteiger partial charge in [-0.15, -0.1) is 13.2 Å². The molecule has 2 N–H and O–H groups in total. The number of nitrogens with one attached hydrogen (secondary N) is 2. The summed E-state index contributed by atoms with van der Waals surface area (Å²) in [7, 11) is 1.65. The van der Waals surface area contributed by atoms with Gasteiger partial charge in [0.2, 0.25) is 5.89 Å². The smallest absolute Gasteiger partial charge is 0.416 e. The lowest BCUT2D eigenvalue weighted by molar-refractivity contribution is 0.0578. The molecule has 0 bridgehead atoms. The molecule has 0 fully saturated rings. The van der Waals surface area contributed by atoms with E-state index in [1.54, 1.807) is 52.1 Å². The molecule has 0 radical (unpaired) electrons. The van der Waals surface area contributed by atoms with Crippen LogP contribution < -0.4 is 15.5 Å². The van der Waals surface area contributed by atoms with E-state index in [-0.39, 0.29) is 23.0 Å². The highest BCUT2D eigenvalue weighted by atomic mass is 16.6. The van der Waals surface area contributed by atoms with Crippen LogP contribution in [0.25, 0.3) is 11.5 Å². The zero-order chi connectivity index (χ0) is 30.0. The molecule has 0 aromatic carbocycles. The molecule has 3 amide bonds. The van der Waals surface area contributed by atoms with Crippen LogP contribution in [-0.2, 0) is 11.8 Å². The van der Waals surface area contributed by atoms with E-state index in [0.717, 1.165) is 12.8 Å². The molecular formula is C29H37N7O5. The minimum atomic E-state index is -0.684. The average Bonchev–Trinajstić information content (AvgIpc) is 3.55. The molecule has 0 saturated carbocycles. The van der Waals surface area contributed by atoms with Gasteiger partial charge in [-0.1, -0.05) is 12.2 Å². The summed E-state index contributed by atoms with van der Waals surface area (Å²) in [5.41, 5.74) is 0.140. The monoisotopic (exact) mass is 563 g/mol. The number of amides is 3. The molecule has 218 valence electrons. The van der Waals surface area contributed by atoms with E-state index in [4.69, 9.17) is 9.15 Å². The number of ether oxygens (including phenoxy) is 1. The number of aryl methyl sites for hydroxylation is 1. The van der Waals surface area contributed by atoms with Crippen molar-refractivity contribution in [3.8, 4) is 11.5 Å². The summed E-state index contributed by atoms with van der Waals surface area (Å²) in [6.07, 6.45) is 10.2. The van der Waals surface area contributed by atoms with E-state index in [1.807, 2.05) is 0 Å². The maximum Gasteiger partial charge on any atom is 0.416 e. The second-order valence-electron chi connectivity index (χ2n) is 10.2. The topological polar surface area (TPSA) is 144 Å². The summed E-state index contributed by atoms with van der Waals surface area (Å²) < 4.78 is 12.6. The van der Waals surface area contributed by atoms with Gasteiger partial charge in [-0.2, -0.15) is 5.10 Å². The number of hydrogen-bond donors (Lipinski definition) is 2. The Labute approximate surface area is 239 Å². The van der Waals surface area contributed by atoms with Crippen LogP contribution in [0.15, 0.2) is 60.5 Å². The highest BCUT2D eigenvalue weighted by Crippen LogP contribution is 2.25. The lowest BCUT2D eigenvalue weighted by Crippen LogP contribution is -2.38. The Balaban J connectivity index is 1.77. The third-order valence-corrected chi connectivity index (χ3v) is 5.57. The molecule has 12 nitrogen and oxygen atoms in total. The van der Waals surface area contributed by atoms with Gasteiger partial charge >= 0.3 is 6.09 Å². The third kappa shape index (κ3) is 8.88. The SMILES string of the molecule is C=CCCCNC(=O)c1nn(C)cc1NC(=O)c1coc(-c2ccnc(N(CCCC=C)C(=O)OC(C)(C)C)c2)n1. The van der Waals surface area contributed by atoms with E-state index in [2.05, 4.69) is 38.9 Å². The van der Waals surface area contributed by atoms with Gasteiger partial charge in [0.05, 0.1) is 5.69 Å². The molecule has 0 aliphatic heterocycles. The number of unbranched alkanes of at least 4 members (excludes halogenated alkanes) is 2. The Kier molecular flexibility index (Phi) is 10.6. The van der Waals surface area contributed by atoms with Gasteiger partial charge in [0.25, 0.3) is 11.8 Å². The molecule has 3 heterocycles.